The van der Waals surface area contributed by atoms with Crippen LogP contribution in [0.25, 0.3) is 22.5 Å². The fraction of sp³-hybridized carbons (Fsp3) is 0.154. The van der Waals surface area contributed by atoms with Crippen LogP contribution >= 0.6 is 0 Å². The molecule has 0 radical (unpaired) electrons. The predicted octanol–water partition coefficient (Wildman–Crippen LogP) is 6.75. The molecular formula is C26H25N3. The highest BCUT2D eigenvalue weighted by molar-refractivity contribution is 5.73. The van der Waals surface area contributed by atoms with Crippen LogP contribution in [0.2, 0.25) is 0 Å². The maximum atomic E-state index is 4.95. The molecule has 4 rings (SSSR count). The Balaban J connectivity index is 1.79. The largest absolute Gasteiger partial charge is 0.321 e. The van der Waals surface area contributed by atoms with Crippen LogP contribution in [-0.2, 0) is 0 Å². The van der Waals surface area contributed by atoms with Crippen LogP contribution in [0.15, 0.2) is 97.2 Å². The number of aromatic nitrogens is 2. The zero-order chi connectivity index (χ0) is 20.3. The van der Waals surface area contributed by atoms with Gasteiger partial charge in [0.25, 0.3) is 0 Å². The molecule has 144 valence electrons. The van der Waals surface area contributed by atoms with Crippen molar-refractivity contribution in [2.24, 2.45) is 0 Å². The van der Waals surface area contributed by atoms with E-state index in [-0.39, 0.29) is 5.54 Å². The molecule has 3 nitrogen and oxygen atoms in total. The Bertz CT molecular complexity index is 1000. The minimum Gasteiger partial charge on any atom is -0.321 e. The van der Waals surface area contributed by atoms with Gasteiger partial charge in [-0.15, -0.1) is 0 Å². The van der Waals surface area contributed by atoms with Crippen molar-refractivity contribution in [1.82, 2.24) is 9.97 Å². The predicted molar refractivity (Wildman–Crippen MR) is 121 cm³/mol. The van der Waals surface area contributed by atoms with E-state index in [0.29, 0.717) is 0 Å². The van der Waals surface area contributed by atoms with Crippen LogP contribution in [0.5, 0.6) is 0 Å². The minimum absolute atomic E-state index is 0.148. The first-order chi connectivity index (χ1) is 14.0. The Hall–Kier alpha value is -3.46. The van der Waals surface area contributed by atoms with Gasteiger partial charge in [-0.25, -0.2) is 4.98 Å². The molecule has 0 aliphatic rings. The molecule has 0 unspecified atom stereocenters. The lowest BCUT2D eigenvalue weighted by molar-refractivity contribution is 0.556. The highest BCUT2D eigenvalue weighted by atomic mass is 15.2. The molecule has 0 bridgehead atoms. The van der Waals surface area contributed by atoms with Gasteiger partial charge in [-0.3, -0.25) is 4.98 Å². The van der Waals surface area contributed by atoms with E-state index in [2.05, 4.69) is 85.3 Å². The Morgan fingerprint density at radius 2 is 1.34 bits per heavy atom. The molecule has 0 aliphatic heterocycles. The lowest BCUT2D eigenvalue weighted by Gasteiger charge is -2.37. The van der Waals surface area contributed by atoms with E-state index in [1.807, 2.05) is 36.4 Å². The SMILES string of the molecule is CC(C)(C)N(c1cccc(-c2ccccc2)c1)c1cccc(-c2ccccn2)n1. The zero-order valence-electron chi connectivity index (χ0n) is 17.1. The summed E-state index contributed by atoms with van der Waals surface area (Å²) in [5.41, 5.74) is 5.12. The van der Waals surface area contributed by atoms with E-state index in [4.69, 9.17) is 4.98 Å². The second-order valence-electron chi connectivity index (χ2n) is 8.02. The molecule has 0 spiro atoms. The van der Waals surface area contributed by atoms with Crippen molar-refractivity contribution in [3.8, 4) is 22.5 Å². The third-order valence-electron chi connectivity index (χ3n) is 4.77. The third-order valence-corrected chi connectivity index (χ3v) is 4.77. The van der Waals surface area contributed by atoms with E-state index < -0.39 is 0 Å². The molecule has 3 heteroatoms. The molecule has 2 aromatic carbocycles. The average Bonchev–Trinajstić information content (AvgIpc) is 2.75. The third kappa shape index (κ3) is 4.19. The number of benzene rings is 2. The Morgan fingerprint density at radius 1 is 0.655 bits per heavy atom. The van der Waals surface area contributed by atoms with Crippen molar-refractivity contribution < 1.29 is 0 Å². The van der Waals surface area contributed by atoms with Gasteiger partial charge >= 0.3 is 0 Å². The zero-order valence-corrected chi connectivity index (χ0v) is 17.1. The van der Waals surface area contributed by atoms with Gasteiger partial charge in [-0.05, 0) is 68.3 Å². The van der Waals surface area contributed by atoms with Gasteiger partial charge in [-0.1, -0.05) is 54.6 Å². The van der Waals surface area contributed by atoms with E-state index in [9.17, 15) is 0 Å². The van der Waals surface area contributed by atoms with Crippen LogP contribution in [-0.4, -0.2) is 15.5 Å². The number of hydrogen-bond donors (Lipinski definition) is 0. The Labute approximate surface area is 172 Å². The lowest BCUT2D eigenvalue weighted by atomic mass is 10.0. The number of rotatable bonds is 4. The number of pyridine rings is 2. The quantitative estimate of drug-likeness (QED) is 0.393. The molecule has 0 amide bonds. The summed E-state index contributed by atoms with van der Waals surface area (Å²) in [5.74, 6) is 0.908. The molecule has 0 N–H and O–H groups in total. The molecule has 0 aliphatic carbocycles. The van der Waals surface area contributed by atoms with Gasteiger partial charge in [0, 0.05) is 17.4 Å². The van der Waals surface area contributed by atoms with Crippen LogP contribution in [0.1, 0.15) is 20.8 Å². The van der Waals surface area contributed by atoms with Crippen molar-refractivity contribution in [2.45, 2.75) is 26.3 Å². The van der Waals surface area contributed by atoms with E-state index in [1.165, 1.54) is 11.1 Å². The van der Waals surface area contributed by atoms with Gasteiger partial charge in [-0.2, -0.15) is 0 Å². The number of anilines is 2. The molecule has 0 fully saturated rings. The summed E-state index contributed by atoms with van der Waals surface area (Å²) < 4.78 is 0. The molecule has 0 saturated carbocycles. The van der Waals surface area contributed by atoms with Crippen molar-refractivity contribution >= 4 is 11.5 Å². The maximum Gasteiger partial charge on any atom is 0.134 e. The molecule has 0 saturated heterocycles. The van der Waals surface area contributed by atoms with E-state index in [1.54, 1.807) is 6.20 Å². The van der Waals surface area contributed by atoms with Crippen molar-refractivity contribution in [3.63, 3.8) is 0 Å². The Kier molecular flexibility index (Phi) is 5.13. The first kappa shape index (κ1) is 18.9. The van der Waals surface area contributed by atoms with Crippen molar-refractivity contribution in [1.29, 1.82) is 0 Å². The van der Waals surface area contributed by atoms with Gasteiger partial charge < -0.3 is 4.90 Å². The van der Waals surface area contributed by atoms with E-state index in [0.717, 1.165) is 22.9 Å². The number of nitrogens with zero attached hydrogens (tertiary/aromatic N) is 3. The molecule has 0 atom stereocenters. The molecule has 29 heavy (non-hydrogen) atoms. The van der Waals surface area contributed by atoms with Gasteiger partial charge in [0.2, 0.25) is 0 Å². The van der Waals surface area contributed by atoms with Gasteiger partial charge in [0.15, 0.2) is 0 Å². The summed E-state index contributed by atoms with van der Waals surface area (Å²) in [6.45, 7) is 6.62. The van der Waals surface area contributed by atoms with E-state index >= 15 is 0 Å². The van der Waals surface area contributed by atoms with Crippen LogP contribution in [0, 0.1) is 0 Å². The van der Waals surface area contributed by atoms with Crippen LogP contribution in [0.3, 0.4) is 0 Å². The lowest BCUT2D eigenvalue weighted by Crippen LogP contribution is -2.38. The molecular weight excluding hydrogens is 354 g/mol. The minimum atomic E-state index is -0.148. The summed E-state index contributed by atoms with van der Waals surface area (Å²) in [5, 5.41) is 0. The summed E-state index contributed by atoms with van der Waals surface area (Å²) in [7, 11) is 0. The highest BCUT2D eigenvalue weighted by Gasteiger charge is 2.25. The summed E-state index contributed by atoms with van der Waals surface area (Å²) in [6, 6.07) is 31.1. The Morgan fingerprint density at radius 3 is 2.07 bits per heavy atom. The summed E-state index contributed by atoms with van der Waals surface area (Å²) >= 11 is 0. The van der Waals surface area contributed by atoms with Gasteiger partial charge in [0.1, 0.15) is 5.82 Å². The normalized spacial score (nSPS) is 11.3. The van der Waals surface area contributed by atoms with Crippen LogP contribution < -0.4 is 4.90 Å². The van der Waals surface area contributed by atoms with Gasteiger partial charge in [0.05, 0.1) is 11.4 Å². The first-order valence-corrected chi connectivity index (χ1v) is 9.86. The first-order valence-electron chi connectivity index (χ1n) is 9.86. The monoisotopic (exact) mass is 379 g/mol. The summed E-state index contributed by atoms with van der Waals surface area (Å²) in [4.78, 5) is 11.7. The smallest absolute Gasteiger partial charge is 0.134 e. The van der Waals surface area contributed by atoms with Crippen LogP contribution in [0.4, 0.5) is 11.5 Å². The fourth-order valence-corrected chi connectivity index (χ4v) is 3.52. The molecule has 2 heterocycles. The average molecular weight is 380 g/mol. The second kappa shape index (κ2) is 7.88. The number of hydrogen-bond acceptors (Lipinski definition) is 3. The fourth-order valence-electron chi connectivity index (χ4n) is 3.52. The topological polar surface area (TPSA) is 29.0 Å². The van der Waals surface area contributed by atoms with Crippen molar-refractivity contribution in [2.75, 3.05) is 4.90 Å². The molecule has 4 aromatic rings. The molecule has 2 aromatic heterocycles. The standard InChI is InChI=1S/C26H25N3/c1-26(2,3)29(22-14-9-13-21(19-22)20-11-5-4-6-12-20)25-17-10-16-24(28-25)23-15-7-8-18-27-23/h4-19H,1-3H3. The van der Waals surface area contributed by atoms with Crippen molar-refractivity contribution in [3.05, 3.63) is 97.2 Å². The highest BCUT2D eigenvalue weighted by Crippen LogP contribution is 2.35. The second-order valence-corrected chi connectivity index (χ2v) is 8.02. The maximum absolute atomic E-state index is 4.95. The summed E-state index contributed by atoms with van der Waals surface area (Å²) in [6.07, 6.45) is 1.80.